The number of rotatable bonds is 3. The third-order valence-electron chi connectivity index (χ3n) is 4.56. The first-order valence-corrected chi connectivity index (χ1v) is 8.59. The first-order chi connectivity index (χ1) is 12.9. The number of hydrogen-bond acceptors (Lipinski definition) is 7. The third-order valence-corrected chi connectivity index (χ3v) is 4.56. The summed E-state index contributed by atoms with van der Waals surface area (Å²) in [5.41, 5.74) is 3.35. The molecular formula is C19H17N5O2. The van der Waals surface area contributed by atoms with Crippen LogP contribution >= 0.6 is 0 Å². The van der Waals surface area contributed by atoms with Crippen molar-refractivity contribution in [2.24, 2.45) is 0 Å². The van der Waals surface area contributed by atoms with Crippen LogP contribution in [0.15, 0.2) is 48.7 Å². The van der Waals surface area contributed by atoms with Crippen LogP contribution in [0.5, 0.6) is 11.5 Å². The zero-order valence-electron chi connectivity index (χ0n) is 14.1. The molecule has 0 bridgehead atoms. The van der Waals surface area contributed by atoms with Gasteiger partial charge in [0.2, 0.25) is 12.7 Å². The van der Waals surface area contributed by atoms with Crippen LogP contribution in [0.1, 0.15) is 12.0 Å². The molecule has 0 saturated heterocycles. The van der Waals surface area contributed by atoms with Crippen LogP contribution in [0.2, 0.25) is 0 Å². The largest absolute Gasteiger partial charge is 0.454 e. The lowest BCUT2D eigenvalue weighted by Crippen LogP contribution is -2.25. The van der Waals surface area contributed by atoms with E-state index in [0.717, 1.165) is 36.6 Å². The normalized spacial score (nSPS) is 14.8. The van der Waals surface area contributed by atoms with Gasteiger partial charge in [-0.1, -0.05) is 18.2 Å². The zero-order chi connectivity index (χ0) is 17.3. The molecule has 0 aliphatic carbocycles. The van der Waals surface area contributed by atoms with Gasteiger partial charge in [0, 0.05) is 24.0 Å². The van der Waals surface area contributed by atoms with E-state index in [-0.39, 0.29) is 6.79 Å². The molecule has 1 N–H and O–H groups in total. The van der Waals surface area contributed by atoms with E-state index in [9.17, 15) is 0 Å². The first-order valence-electron chi connectivity index (χ1n) is 8.59. The predicted molar refractivity (Wildman–Crippen MR) is 97.4 cm³/mol. The summed E-state index contributed by atoms with van der Waals surface area (Å²) in [5.74, 6) is 2.69. The fourth-order valence-corrected chi connectivity index (χ4v) is 3.35. The van der Waals surface area contributed by atoms with Crippen LogP contribution in [0.4, 0.5) is 23.1 Å². The van der Waals surface area contributed by atoms with Crippen molar-refractivity contribution in [3.63, 3.8) is 0 Å². The minimum absolute atomic E-state index is 0.251. The number of aryl methyl sites for hydroxylation is 1. The number of benzene rings is 2. The number of fused-ring (bicyclic) bond motifs is 2. The molecule has 2 aromatic carbocycles. The number of para-hydroxylation sites is 1. The van der Waals surface area contributed by atoms with Crippen LogP contribution in [0.3, 0.4) is 0 Å². The van der Waals surface area contributed by atoms with Crippen molar-refractivity contribution in [2.75, 3.05) is 23.6 Å². The quantitative estimate of drug-likeness (QED) is 0.778. The Morgan fingerprint density at radius 1 is 1.04 bits per heavy atom. The highest BCUT2D eigenvalue weighted by Gasteiger charge is 2.20. The Balaban J connectivity index is 1.43. The van der Waals surface area contributed by atoms with Gasteiger partial charge < -0.3 is 19.7 Å². The van der Waals surface area contributed by atoms with Gasteiger partial charge in [-0.05, 0) is 36.6 Å². The molecule has 0 radical (unpaired) electrons. The number of anilines is 4. The van der Waals surface area contributed by atoms with E-state index in [2.05, 4.69) is 49.7 Å². The second-order valence-corrected chi connectivity index (χ2v) is 6.22. The summed E-state index contributed by atoms with van der Waals surface area (Å²) >= 11 is 0. The Hall–Kier alpha value is -3.35. The number of aromatic nitrogens is 3. The van der Waals surface area contributed by atoms with Crippen molar-refractivity contribution in [3.8, 4) is 11.5 Å². The molecule has 26 heavy (non-hydrogen) atoms. The van der Waals surface area contributed by atoms with E-state index < -0.39 is 0 Å². The summed E-state index contributed by atoms with van der Waals surface area (Å²) in [5, 5.41) is 11.4. The minimum Gasteiger partial charge on any atom is -0.454 e. The van der Waals surface area contributed by atoms with Crippen LogP contribution < -0.4 is 19.7 Å². The van der Waals surface area contributed by atoms with Gasteiger partial charge in [-0.15, -0.1) is 5.10 Å². The van der Waals surface area contributed by atoms with Gasteiger partial charge >= 0.3 is 0 Å². The van der Waals surface area contributed by atoms with Gasteiger partial charge in [-0.25, -0.2) is 0 Å². The van der Waals surface area contributed by atoms with Gasteiger partial charge in [0.15, 0.2) is 17.3 Å². The van der Waals surface area contributed by atoms with E-state index in [1.54, 1.807) is 6.20 Å². The van der Waals surface area contributed by atoms with Gasteiger partial charge in [0.1, 0.15) is 0 Å². The minimum atomic E-state index is 0.251. The summed E-state index contributed by atoms with van der Waals surface area (Å²) in [6.07, 6.45) is 3.88. The molecule has 5 rings (SSSR count). The average molecular weight is 347 g/mol. The number of hydrogen-bond donors (Lipinski definition) is 1. The Kier molecular flexibility index (Phi) is 3.55. The summed E-state index contributed by atoms with van der Waals surface area (Å²) < 4.78 is 10.7. The predicted octanol–water partition coefficient (Wildman–Crippen LogP) is 3.43. The van der Waals surface area contributed by atoms with Crippen molar-refractivity contribution in [2.45, 2.75) is 12.8 Å². The molecule has 3 aromatic rings. The molecule has 0 atom stereocenters. The maximum Gasteiger partial charge on any atom is 0.249 e. The van der Waals surface area contributed by atoms with E-state index in [1.807, 2.05) is 18.2 Å². The fourth-order valence-electron chi connectivity index (χ4n) is 3.35. The van der Waals surface area contributed by atoms with Gasteiger partial charge in [-0.3, -0.25) is 0 Å². The molecule has 2 aliphatic rings. The van der Waals surface area contributed by atoms with E-state index in [0.29, 0.717) is 11.7 Å². The van der Waals surface area contributed by atoms with Gasteiger partial charge in [-0.2, -0.15) is 10.1 Å². The molecule has 7 nitrogen and oxygen atoms in total. The monoisotopic (exact) mass is 347 g/mol. The Labute approximate surface area is 150 Å². The number of nitrogens with zero attached hydrogens (tertiary/aromatic N) is 4. The second-order valence-electron chi connectivity index (χ2n) is 6.22. The summed E-state index contributed by atoms with van der Waals surface area (Å²) in [7, 11) is 0. The third kappa shape index (κ3) is 2.67. The van der Waals surface area contributed by atoms with Crippen molar-refractivity contribution in [1.29, 1.82) is 0 Å². The number of nitrogens with one attached hydrogen (secondary N) is 1. The number of ether oxygens (including phenoxy) is 2. The smallest absolute Gasteiger partial charge is 0.249 e. The molecule has 0 spiro atoms. The molecular weight excluding hydrogens is 330 g/mol. The maximum atomic E-state index is 5.41. The maximum absolute atomic E-state index is 5.41. The van der Waals surface area contributed by atoms with Crippen LogP contribution in [0.25, 0.3) is 0 Å². The highest BCUT2D eigenvalue weighted by atomic mass is 16.7. The van der Waals surface area contributed by atoms with Crippen molar-refractivity contribution in [3.05, 3.63) is 54.2 Å². The Morgan fingerprint density at radius 3 is 2.96 bits per heavy atom. The summed E-state index contributed by atoms with van der Waals surface area (Å²) in [6.45, 7) is 1.17. The Bertz CT molecular complexity index is 962. The lowest BCUT2D eigenvalue weighted by molar-refractivity contribution is 0.174. The average Bonchev–Trinajstić information content (AvgIpc) is 3.16. The standard InChI is InChI=1S/C19H17N5O2/c1-2-6-15-13(4-1)5-3-9-24(15)18-11-20-23-19(22-18)21-14-7-8-16-17(10-14)26-12-25-16/h1-2,4,6-8,10-11H,3,5,9,12H2,(H,21,22,23). The SMILES string of the molecule is c1ccc2c(c1)CCCN2c1cnnc(Nc2ccc3c(c2)OCO3)n1. The molecule has 0 fully saturated rings. The molecule has 130 valence electrons. The molecule has 2 aliphatic heterocycles. The molecule has 0 saturated carbocycles. The molecule has 3 heterocycles. The zero-order valence-corrected chi connectivity index (χ0v) is 14.1. The molecule has 0 amide bonds. The highest BCUT2D eigenvalue weighted by molar-refractivity contribution is 5.66. The van der Waals surface area contributed by atoms with Gasteiger partial charge in [0.25, 0.3) is 0 Å². The first kappa shape index (κ1) is 14.9. The van der Waals surface area contributed by atoms with Crippen molar-refractivity contribution < 1.29 is 9.47 Å². The lowest BCUT2D eigenvalue weighted by Gasteiger charge is -2.30. The second kappa shape index (κ2) is 6.18. The topological polar surface area (TPSA) is 72.4 Å². The lowest BCUT2D eigenvalue weighted by atomic mass is 10.0. The van der Waals surface area contributed by atoms with Crippen molar-refractivity contribution >= 4 is 23.1 Å². The highest BCUT2D eigenvalue weighted by Crippen LogP contribution is 2.35. The summed E-state index contributed by atoms with van der Waals surface area (Å²) in [4.78, 5) is 6.85. The fraction of sp³-hybridized carbons (Fsp3) is 0.211. The van der Waals surface area contributed by atoms with E-state index >= 15 is 0 Å². The molecule has 0 unspecified atom stereocenters. The van der Waals surface area contributed by atoms with E-state index in [1.165, 1.54) is 11.3 Å². The van der Waals surface area contributed by atoms with Gasteiger partial charge in [0.05, 0.1) is 6.20 Å². The van der Waals surface area contributed by atoms with Crippen LogP contribution in [-0.2, 0) is 6.42 Å². The van der Waals surface area contributed by atoms with E-state index in [4.69, 9.17) is 9.47 Å². The molecule has 7 heteroatoms. The van der Waals surface area contributed by atoms with Crippen LogP contribution in [-0.4, -0.2) is 28.5 Å². The summed E-state index contributed by atoms with van der Waals surface area (Å²) in [6, 6.07) is 14.1. The van der Waals surface area contributed by atoms with Crippen LogP contribution in [0, 0.1) is 0 Å². The Morgan fingerprint density at radius 2 is 1.96 bits per heavy atom. The molecule has 1 aromatic heterocycles. The van der Waals surface area contributed by atoms with Crippen molar-refractivity contribution in [1.82, 2.24) is 15.2 Å².